The molecule has 5 heteroatoms. The Kier molecular flexibility index (Phi) is 6.28. The van der Waals surface area contributed by atoms with Gasteiger partial charge in [0.1, 0.15) is 10.8 Å². The van der Waals surface area contributed by atoms with E-state index < -0.39 is 0 Å². The Morgan fingerprint density at radius 1 is 1.04 bits per heavy atom. The smallest absolute Gasteiger partial charge is 0.254 e. The molecule has 1 amide bonds. The average molecular weight is 364 g/mol. The fourth-order valence-electron chi connectivity index (χ4n) is 2.45. The summed E-state index contributed by atoms with van der Waals surface area (Å²) in [6, 6.07) is 21.4. The van der Waals surface area contributed by atoms with E-state index in [2.05, 4.69) is 10.3 Å². The van der Waals surface area contributed by atoms with Gasteiger partial charge >= 0.3 is 0 Å². The van der Waals surface area contributed by atoms with Crippen molar-refractivity contribution in [2.45, 2.75) is 16.3 Å². The van der Waals surface area contributed by atoms with Crippen LogP contribution in [0.2, 0.25) is 0 Å². The molecule has 1 aromatic heterocycles. The highest BCUT2D eigenvalue weighted by molar-refractivity contribution is 7.99. The molecule has 0 saturated heterocycles. The lowest BCUT2D eigenvalue weighted by Gasteiger charge is -2.09. The quantitative estimate of drug-likeness (QED) is 0.682. The molecule has 3 rings (SSSR count). The summed E-state index contributed by atoms with van der Waals surface area (Å²) in [5.41, 5.74) is 1.74. The van der Waals surface area contributed by atoms with Gasteiger partial charge in [0.2, 0.25) is 0 Å². The van der Waals surface area contributed by atoms with Crippen molar-refractivity contribution in [1.29, 1.82) is 0 Å². The SMILES string of the molecule is COc1ccc(CCNC(=O)c2cccnc2Sc2ccccc2)cc1. The molecule has 1 N–H and O–H groups in total. The number of pyridine rings is 1. The van der Waals surface area contributed by atoms with Gasteiger partial charge in [-0.05, 0) is 48.4 Å². The molecule has 0 aliphatic rings. The molecule has 0 saturated carbocycles. The second-order valence-corrected chi connectivity index (χ2v) is 6.69. The third-order valence-corrected chi connectivity index (χ3v) is 4.86. The van der Waals surface area contributed by atoms with Crippen molar-refractivity contribution in [3.05, 3.63) is 84.1 Å². The Bertz CT molecular complexity index is 851. The van der Waals surface area contributed by atoms with Crippen molar-refractivity contribution in [2.24, 2.45) is 0 Å². The maximum atomic E-state index is 12.6. The minimum atomic E-state index is -0.106. The van der Waals surface area contributed by atoms with E-state index in [9.17, 15) is 4.79 Å². The molecule has 0 spiro atoms. The van der Waals surface area contributed by atoms with Gasteiger partial charge in [-0.25, -0.2) is 4.98 Å². The molecule has 0 radical (unpaired) electrons. The van der Waals surface area contributed by atoms with E-state index in [0.717, 1.165) is 22.6 Å². The second-order valence-electron chi connectivity index (χ2n) is 5.63. The van der Waals surface area contributed by atoms with Crippen LogP contribution in [0.3, 0.4) is 0 Å². The highest BCUT2D eigenvalue weighted by atomic mass is 32.2. The third-order valence-electron chi connectivity index (χ3n) is 3.83. The Balaban J connectivity index is 1.60. The van der Waals surface area contributed by atoms with Crippen LogP contribution in [0.25, 0.3) is 0 Å². The molecule has 0 atom stereocenters. The lowest BCUT2D eigenvalue weighted by molar-refractivity contribution is 0.0950. The summed E-state index contributed by atoms with van der Waals surface area (Å²) in [7, 11) is 1.65. The predicted molar refractivity (Wildman–Crippen MR) is 104 cm³/mol. The van der Waals surface area contributed by atoms with Crippen molar-refractivity contribution in [3.8, 4) is 5.75 Å². The van der Waals surface area contributed by atoms with Crippen molar-refractivity contribution in [2.75, 3.05) is 13.7 Å². The lowest BCUT2D eigenvalue weighted by Crippen LogP contribution is -2.26. The first kappa shape index (κ1) is 18.0. The number of carbonyl (C=O) groups excluding carboxylic acids is 1. The molecule has 1 heterocycles. The van der Waals surface area contributed by atoms with Crippen LogP contribution in [0, 0.1) is 0 Å². The van der Waals surface area contributed by atoms with Gasteiger partial charge in [-0.15, -0.1) is 0 Å². The first-order valence-electron chi connectivity index (χ1n) is 8.35. The number of methoxy groups -OCH3 is 1. The van der Waals surface area contributed by atoms with E-state index in [4.69, 9.17) is 4.74 Å². The van der Waals surface area contributed by atoms with Gasteiger partial charge in [0.25, 0.3) is 5.91 Å². The van der Waals surface area contributed by atoms with Crippen LogP contribution in [0.15, 0.2) is 82.8 Å². The number of benzene rings is 2. The maximum absolute atomic E-state index is 12.6. The molecule has 0 aliphatic heterocycles. The lowest BCUT2D eigenvalue weighted by atomic mass is 10.1. The summed E-state index contributed by atoms with van der Waals surface area (Å²) in [5, 5.41) is 3.69. The molecular weight excluding hydrogens is 344 g/mol. The number of hydrogen-bond donors (Lipinski definition) is 1. The standard InChI is InChI=1S/C21H20N2O2S/c1-25-17-11-9-16(10-12-17)13-15-22-20(24)19-8-5-14-23-21(19)26-18-6-3-2-4-7-18/h2-12,14H,13,15H2,1H3,(H,22,24). The number of aromatic nitrogens is 1. The average Bonchev–Trinajstić information content (AvgIpc) is 2.69. The zero-order valence-electron chi connectivity index (χ0n) is 14.5. The van der Waals surface area contributed by atoms with Gasteiger partial charge < -0.3 is 10.1 Å². The van der Waals surface area contributed by atoms with Crippen LogP contribution in [0.5, 0.6) is 5.75 Å². The fourth-order valence-corrected chi connectivity index (χ4v) is 3.35. The van der Waals surface area contributed by atoms with Crippen LogP contribution < -0.4 is 10.1 Å². The summed E-state index contributed by atoms with van der Waals surface area (Å²) in [6.07, 6.45) is 2.47. The third kappa shape index (κ3) is 4.86. The summed E-state index contributed by atoms with van der Waals surface area (Å²) in [6.45, 7) is 0.565. The molecule has 0 unspecified atom stereocenters. The minimum absolute atomic E-state index is 0.106. The first-order chi connectivity index (χ1) is 12.8. The van der Waals surface area contributed by atoms with Crippen molar-refractivity contribution >= 4 is 17.7 Å². The van der Waals surface area contributed by atoms with E-state index in [0.29, 0.717) is 17.1 Å². The molecule has 132 valence electrons. The zero-order chi connectivity index (χ0) is 18.2. The monoisotopic (exact) mass is 364 g/mol. The van der Waals surface area contributed by atoms with E-state index in [1.54, 1.807) is 25.4 Å². The van der Waals surface area contributed by atoms with Crippen LogP contribution in [0.4, 0.5) is 0 Å². The Hall–Kier alpha value is -2.79. The van der Waals surface area contributed by atoms with Crippen molar-refractivity contribution in [1.82, 2.24) is 10.3 Å². The van der Waals surface area contributed by atoms with Gasteiger partial charge in [0.05, 0.1) is 12.7 Å². The zero-order valence-corrected chi connectivity index (χ0v) is 15.3. The molecule has 0 bridgehead atoms. The van der Waals surface area contributed by atoms with Crippen LogP contribution >= 0.6 is 11.8 Å². The topological polar surface area (TPSA) is 51.2 Å². The van der Waals surface area contributed by atoms with Crippen LogP contribution in [-0.2, 0) is 6.42 Å². The number of carbonyl (C=O) groups is 1. The number of amides is 1. The minimum Gasteiger partial charge on any atom is -0.497 e. The normalized spacial score (nSPS) is 10.3. The predicted octanol–water partition coefficient (Wildman–Crippen LogP) is 4.21. The van der Waals surface area contributed by atoms with E-state index in [1.165, 1.54) is 11.8 Å². The second kappa shape index (κ2) is 9.06. The largest absolute Gasteiger partial charge is 0.497 e. The first-order valence-corrected chi connectivity index (χ1v) is 9.17. The van der Waals surface area contributed by atoms with Crippen molar-refractivity contribution in [3.63, 3.8) is 0 Å². The maximum Gasteiger partial charge on any atom is 0.254 e. The van der Waals surface area contributed by atoms with E-state index in [1.807, 2.05) is 54.6 Å². The molecule has 0 aliphatic carbocycles. The number of hydrogen-bond acceptors (Lipinski definition) is 4. The highest BCUT2D eigenvalue weighted by Crippen LogP contribution is 2.28. The Morgan fingerprint density at radius 2 is 1.81 bits per heavy atom. The number of ether oxygens (including phenoxy) is 1. The number of nitrogens with zero attached hydrogens (tertiary/aromatic N) is 1. The molecule has 0 fully saturated rings. The van der Waals surface area contributed by atoms with Gasteiger partial charge in [0, 0.05) is 17.6 Å². The Morgan fingerprint density at radius 3 is 2.54 bits per heavy atom. The molecular formula is C21H20N2O2S. The summed E-state index contributed by atoms with van der Waals surface area (Å²) >= 11 is 1.49. The molecule has 3 aromatic rings. The van der Waals surface area contributed by atoms with Gasteiger partial charge in [-0.2, -0.15) is 0 Å². The molecule has 2 aromatic carbocycles. The molecule has 26 heavy (non-hydrogen) atoms. The van der Waals surface area contributed by atoms with E-state index >= 15 is 0 Å². The van der Waals surface area contributed by atoms with Gasteiger partial charge in [-0.3, -0.25) is 4.79 Å². The summed E-state index contributed by atoms with van der Waals surface area (Å²) in [4.78, 5) is 18.0. The van der Waals surface area contributed by atoms with Crippen molar-refractivity contribution < 1.29 is 9.53 Å². The number of nitrogens with one attached hydrogen (secondary N) is 1. The summed E-state index contributed by atoms with van der Waals surface area (Å²) in [5.74, 6) is 0.723. The number of rotatable bonds is 7. The van der Waals surface area contributed by atoms with E-state index in [-0.39, 0.29) is 5.91 Å². The fraction of sp³-hybridized carbons (Fsp3) is 0.143. The highest BCUT2D eigenvalue weighted by Gasteiger charge is 2.13. The van der Waals surface area contributed by atoms with Gasteiger partial charge in [-0.1, -0.05) is 42.1 Å². The van der Waals surface area contributed by atoms with Gasteiger partial charge in [0.15, 0.2) is 0 Å². The Labute approximate surface area is 157 Å². The molecule has 4 nitrogen and oxygen atoms in total. The van der Waals surface area contributed by atoms with Crippen LogP contribution in [-0.4, -0.2) is 24.5 Å². The van der Waals surface area contributed by atoms with Crippen LogP contribution in [0.1, 0.15) is 15.9 Å². The summed E-state index contributed by atoms with van der Waals surface area (Å²) < 4.78 is 5.15.